The Hall–Kier alpha value is -0.160. The minimum absolute atomic E-state index is 0.0885. The maximum absolute atomic E-state index is 9.75. The van der Waals surface area contributed by atoms with E-state index in [1.165, 1.54) is 25.7 Å². The molecular formula is C29H59NO3. The number of rotatable bonds is 0. The van der Waals surface area contributed by atoms with Gasteiger partial charge in [0, 0.05) is 12.1 Å². The van der Waals surface area contributed by atoms with E-state index in [0.29, 0.717) is 16.9 Å². The van der Waals surface area contributed by atoms with E-state index in [4.69, 9.17) is 10.5 Å². The molecule has 4 heteroatoms. The molecule has 4 aliphatic rings. The van der Waals surface area contributed by atoms with Gasteiger partial charge in [-0.25, -0.2) is 0 Å². The molecule has 0 amide bonds. The van der Waals surface area contributed by atoms with Crippen LogP contribution in [0, 0.1) is 21.7 Å². The highest BCUT2D eigenvalue weighted by molar-refractivity contribution is 5.07. The second-order valence-corrected chi connectivity index (χ2v) is 15.3. The van der Waals surface area contributed by atoms with Gasteiger partial charge >= 0.3 is 0 Å². The first-order chi connectivity index (χ1) is 14.5. The van der Waals surface area contributed by atoms with E-state index in [-0.39, 0.29) is 27.6 Å². The Morgan fingerprint density at radius 2 is 1.00 bits per heavy atom. The van der Waals surface area contributed by atoms with Gasteiger partial charge in [-0.05, 0) is 73.0 Å². The molecule has 198 valence electrons. The molecule has 0 radical (unpaired) electrons. The first-order valence-corrected chi connectivity index (χ1v) is 13.3. The van der Waals surface area contributed by atoms with Crippen LogP contribution >= 0.6 is 0 Å². The lowest BCUT2D eigenvalue weighted by Gasteiger charge is -2.47. The average molecular weight is 470 g/mol. The lowest BCUT2D eigenvalue weighted by atomic mass is 9.64. The summed E-state index contributed by atoms with van der Waals surface area (Å²) in [6.07, 6.45) is 9.41. The minimum Gasteiger partial charge on any atom is -0.389 e. The highest BCUT2D eigenvalue weighted by Crippen LogP contribution is 2.49. The number of aliphatic hydroxyl groups is 2. The van der Waals surface area contributed by atoms with Gasteiger partial charge in [-0.1, -0.05) is 83.1 Å². The van der Waals surface area contributed by atoms with Gasteiger partial charge in [0.05, 0.1) is 17.3 Å². The number of hydrogen-bond donors (Lipinski definition) is 3. The molecule has 1 aliphatic heterocycles. The summed E-state index contributed by atoms with van der Waals surface area (Å²) in [5.41, 5.74) is 6.35. The Morgan fingerprint density at radius 3 is 1.00 bits per heavy atom. The third-order valence-electron chi connectivity index (χ3n) is 8.64. The Morgan fingerprint density at radius 1 is 0.636 bits per heavy atom. The third-order valence-corrected chi connectivity index (χ3v) is 8.64. The first kappa shape index (κ1) is 30.9. The normalized spacial score (nSPS) is 26.5. The van der Waals surface area contributed by atoms with E-state index in [2.05, 4.69) is 83.1 Å². The SMILES string of the molecule is CC(C)(C)C1(N)CC1.CC(C)(C)C1(O)CC1.CC(C)(C)C1(O)CCC1.CC(C)(C)C1CCO1. The smallest absolute Gasteiger partial charge is 0.0697 e. The third kappa shape index (κ3) is 8.78. The Balaban J connectivity index is 0.000000220. The monoisotopic (exact) mass is 469 g/mol. The van der Waals surface area contributed by atoms with E-state index in [0.717, 1.165) is 32.3 Å². The molecule has 3 aliphatic carbocycles. The van der Waals surface area contributed by atoms with Crippen molar-refractivity contribution in [2.75, 3.05) is 6.61 Å². The second kappa shape index (κ2) is 10.1. The standard InChI is InChI=1S/C8H16O.C7H15N.2C7H14O/c1-7(2,3)8(9)5-4-6-8;1-6(2,3)7(8)4-5-7;1-7(2,3)6-4-5-8-6;1-6(2,3)7(8)4-5-7/h9H,4-6H2,1-3H3;4-5,8H2,1-3H3;6H,4-5H2,1-3H3;8H,4-5H2,1-3H3. The zero-order valence-corrected chi connectivity index (χ0v) is 24.3. The van der Waals surface area contributed by atoms with Gasteiger partial charge in [0.1, 0.15) is 0 Å². The predicted octanol–water partition coefficient (Wildman–Crippen LogP) is 6.85. The fraction of sp³-hybridized carbons (Fsp3) is 1.00. The molecular weight excluding hydrogens is 410 g/mol. The van der Waals surface area contributed by atoms with E-state index < -0.39 is 0 Å². The molecule has 1 heterocycles. The Kier molecular flexibility index (Phi) is 9.42. The molecule has 0 aromatic heterocycles. The Labute approximate surface area is 206 Å². The summed E-state index contributed by atoms with van der Waals surface area (Å²) < 4.78 is 5.30. The molecule has 1 saturated heterocycles. The fourth-order valence-electron chi connectivity index (χ4n) is 3.93. The van der Waals surface area contributed by atoms with Crippen molar-refractivity contribution < 1.29 is 14.9 Å². The van der Waals surface area contributed by atoms with Crippen LogP contribution in [-0.4, -0.2) is 39.7 Å². The van der Waals surface area contributed by atoms with E-state index in [1.807, 2.05) is 0 Å². The molecule has 3 saturated carbocycles. The number of hydrogen-bond acceptors (Lipinski definition) is 4. The van der Waals surface area contributed by atoms with Crippen molar-refractivity contribution in [3.8, 4) is 0 Å². The summed E-state index contributed by atoms with van der Waals surface area (Å²) in [7, 11) is 0. The van der Waals surface area contributed by atoms with Gasteiger partial charge < -0.3 is 20.7 Å². The fourth-order valence-corrected chi connectivity index (χ4v) is 3.93. The van der Waals surface area contributed by atoms with Gasteiger partial charge in [0.15, 0.2) is 0 Å². The van der Waals surface area contributed by atoms with Crippen molar-refractivity contribution in [1.29, 1.82) is 0 Å². The number of ether oxygens (including phenoxy) is 1. The highest BCUT2D eigenvalue weighted by Gasteiger charge is 2.50. The molecule has 0 aromatic carbocycles. The van der Waals surface area contributed by atoms with Gasteiger partial charge in [0.25, 0.3) is 0 Å². The van der Waals surface area contributed by atoms with Crippen molar-refractivity contribution in [2.24, 2.45) is 27.4 Å². The molecule has 33 heavy (non-hydrogen) atoms. The van der Waals surface area contributed by atoms with Crippen LogP contribution in [-0.2, 0) is 4.74 Å². The molecule has 4 nitrogen and oxygen atoms in total. The van der Waals surface area contributed by atoms with Crippen LogP contribution in [0.2, 0.25) is 0 Å². The van der Waals surface area contributed by atoms with Crippen molar-refractivity contribution >= 4 is 0 Å². The topological polar surface area (TPSA) is 75.7 Å². The molecule has 1 atom stereocenters. The molecule has 0 spiro atoms. The lowest BCUT2D eigenvalue weighted by molar-refractivity contribution is -0.117. The molecule has 4 rings (SSSR count). The van der Waals surface area contributed by atoms with Crippen LogP contribution in [0.25, 0.3) is 0 Å². The molecule has 1 unspecified atom stereocenters. The van der Waals surface area contributed by atoms with Crippen LogP contribution in [0.5, 0.6) is 0 Å². The number of nitrogens with two attached hydrogens (primary N) is 1. The van der Waals surface area contributed by atoms with Gasteiger partial charge in [-0.3, -0.25) is 0 Å². The predicted molar refractivity (Wildman–Crippen MR) is 141 cm³/mol. The van der Waals surface area contributed by atoms with E-state index in [9.17, 15) is 10.2 Å². The molecule has 4 fully saturated rings. The summed E-state index contributed by atoms with van der Waals surface area (Å²) in [6, 6.07) is 0. The first-order valence-electron chi connectivity index (χ1n) is 13.3. The quantitative estimate of drug-likeness (QED) is 0.362. The van der Waals surface area contributed by atoms with Gasteiger partial charge in [-0.15, -0.1) is 0 Å². The molecule has 0 bridgehead atoms. The van der Waals surface area contributed by atoms with Crippen molar-refractivity contribution in [2.45, 2.75) is 157 Å². The summed E-state index contributed by atoms with van der Waals surface area (Å²) in [6.45, 7) is 26.8. The van der Waals surface area contributed by atoms with Gasteiger partial charge in [0.2, 0.25) is 0 Å². The van der Waals surface area contributed by atoms with Crippen LogP contribution in [0.3, 0.4) is 0 Å². The van der Waals surface area contributed by atoms with E-state index in [1.54, 1.807) is 0 Å². The van der Waals surface area contributed by atoms with Crippen LogP contribution in [0.1, 0.15) is 134 Å². The van der Waals surface area contributed by atoms with Crippen molar-refractivity contribution in [3.63, 3.8) is 0 Å². The highest BCUT2D eigenvalue weighted by atomic mass is 16.5. The molecule has 0 aromatic rings. The van der Waals surface area contributed by atoms with Crippen molar-refractivity contribution in [3.05, 3.63) is 0 Å². The summed E-state index contributed by atoms with van der Waals surface area (Å²) in [5.74, 6) is 0. The maximum atomic E-state index is 9.75. The average Bonchev–Trinajstić information content (AvgIpc) is 3.40. The summed E-state index contributed by atoms with van der Waals surface area (Å²) >= 11 is 0. The van der Waals surface area contributed by atoms with E-state index >= 15 is 0 Å². The summed E-state index contributed by atoms with van der Waals surface area (Å²) in [4.78, 5) is 0. The molecule has 4 N–H and O–H groups in total. The largest absolute Gasteiger partial charge is 0.389 e. The van der Waals surface area contributed by atoms with Crippen LogP contribution in [0.4, 0.5) is 0 Å². The maximum Gasteiger partial charge on any atom is 0.0697 e. The zero-order valence-electron chi connectivity index (χ0n) is 24.3. The lowest BCUT2D eigenvalue weighted by Crippen LogP contribution is -2.48. The second-order valence-electron chi connectivity index (χ2n) is 15.3. The summed E-state index contributed by atoms with van der Waals surface area (Å²) in [5, 5.41) is 19.2. The van der Waals surface area contributed by atoms with Crippen LogP contribution in [0.15, 0.2) is 0 Å². The van der Waals surface area contributed by atoms with Gasteiger partial charge in [-0.2, -0.15) is 0 Å². The van der Waals surface area contributed by atoms with Crippen LogP contribution < -0.4 is 5.73 Å². The Bertz CT molecular complexity index is 562. The minimum atomic E-state index is -0.340. The van der Waals surface area contributed by atoms with Crippen molar-refractivity contribution in [1.82, 2.24) is 0 Å². The zero-order chi connectivity index (χ0) is 26.1.